The molecule has 0 amide bonds. The Kier molecular flexibility index (Phi) is 3.60. The van der Waals surface area contributed by atoms with Gasteiger partial charge in [-0.3, -0.25) is 4.90 Å². The standard InChI is InChI=1S/C21H24N2O3/c1-12-16-10-23-8-7-14-13-5-3-4-6-18(13)22-20(14)19(23)9-15(16)17(11-26-12)21(24)25-2/h3-6,11-12,15-16,19,22H,7-10H2,1-2H3/t12?,15?,16-,19?/m1/s1. The summed E-state index contributed by atoms with van der Waals surface area (Å²) in [5.41, 5.74) is 4.69. The van der Waals surface area contributed by atoms with E-state index in [9.17, 15) is 4.79 Å². The van der Waals surface area contributed by atoms with Gasteiger partial charge in [-0.1, -0.05) is 18.2 Å². The Morgan fingerprint density at radius 3 is 3.04 bits per heavy atom. The highest BCUT2D eigenvalue weighted by molar-refractivity contribution is 5.89. The maximum absolute atomic E-state index is 12.3. The number of hydrogen-bond acceptors (Lipinski definition) is 4. The summed E-state index contributed by atoms with van der Waals surface area (Å²) in [5, 5.41) is 1.34. The summed E-state index contributed by atoms with van der Waals surface area (Å²) in [7, 11) is 1.45. The summed E-state index contributed by atoms with van der Waals surface area (Å²) in [5.74, 6) is 0.258. The van der Waals surface area contributed by atoms with E-state index in [4.69, 9.17) is 9.47 Å². The molecule has 1 aromatic heterocycles. The third-order valence-electron chi connectivity index (χ3n) is 6.54. The first kappa shape index (κ1) is 15.9. The van der Waals surface area contributed by atoms with Crippen LogP contribution in [0, 0.1) is 11.8 Å². The highest BCUT2D eigenvalue weighted by Crippen LogP contribution is 2.47. The number of esters is 1. The Morgan fingerprint density at radius 1 is 1.35 bits per heavy atom. The number of nitrogens with zero attached hydrogens (tertiary/aromatic N) is 1. The van der Waals surface area contributed by atoms with Crippen molar-refractivity contribution in [2.24, 2.45) is 11.8 Å². The van der Waals surface area contributed by atoms with Crippen LogP contribution in [0.2, 0.25) is 0 Å². The van der Waals surface area contributed by atoms with Gasteiger partial charge < -0.3 is 14.5 Å². The summed E-state index contributed by atoms with van der Waals surface area (Å²) < 4.78 is 10.8. The summed E-state index contributed by atoms with van der Waals surface area (Å²) in [6, 6.07) is 8.88. The molecule has 1 aromatic carbocycles. The molecule has 3 unspecified atom stereocenters. The largest absolute Gasteiger partial charge is 0.497 e. The van der Waals surface area contributed by atoms with E-state index in [1.807, 2.05) is 0 Å². The lowest BCUT2D eigenvalue weighted by Gasteiger charge is -2.49. The van der Waals surface area contributed by atoms with Crippen LogP contribution in [0.4, 0.5) is 0 Å². The smallest absolute Gasteiger partial charge is 0.337 e. The van der Waals surface area contributed by atoms with Gasteiger partial charge in [-0.2, -0.15) is 0 Å². The summed E-state index contributed by atoms with van der Waals surface area (Å²) in [6.07, 6.45) is 3.77. The predicted octanol–water partition coefficient (Wildman–Crippen LogP) is 3.18. The summed E-state index contributed by atoms with van der Waals surface area (Å²) in [4.78, 5) is 18.5. The van der Waals surface area contributed by atoms with Crippen molar-refractivity contribution in [3.8, 4) is 0 Å². The molecule has 3 aliphatic heterocycles. The minimum absolute atomic E-state index is 0.124. The lowest BCUT2D eigenvalue weighted by molar-refractivity contribution is -0.139. The van der Waals surface area contributed by atoms with Crippen LogP contribution < -0.4 is 0 Å². The van der Waals surface area contributed by atoms with Crippen LogP contribution in [0.25, 0.3) is 10.9 Å². The molecule has 0 aliphatic carbocycles. The zero-order chi connectivity index (χ0) is 17.8. The van der Waals surface area contributed by atoms with Gasteiger partial charge in [-0.15, -0.1) is 0 Å². The van der Waals surface area contributed by atoms with Gasteiger partial charge in [0, 0.05) is 41.5 Å². The SMILES string of the molecule is COC(=O)C1=COC(C)[C@H]2CN3CCc4c([nH]c5ccccc45)C3CC12. The number of fused-ring (bicyclic) bond motifs is 6. The van der Waals surface area contributed by atoms with Gasteiger partial charge in [0.2, 0.25) is 0 Å². The molecule has 0 saturated carbocycles. The van der Waals surface area contributed by atoms with Crippen molar-refractivity contribution in [3.63, 3.8) is 0 Å². The van der Waals surface area contributed by atoms with Gasteiger partial charge in [0.15, 0.2) is 0 Å². The van der Waals surface area contributed by atoms with Crippen molar-refractivity contribution in [1.29, 1.82) is 0 Å². The second-order valence-electron chi connectivity index (χ2n) is 7.74. The fourth-order valence-corrected chi connectivity index (χ4v) is 5.19. The van der Waals surface area contributed by atoms with Crippen LogP contribution >= 0.6 is 0 Å². The second-order valence-corrected chi connectivity index (χ2v) is 7.74. The van der Waals surface area contributed by atoms with Crippen molar-refractivity contribution in [1.82, 2.24) is 9.88 Å². The zero-order valence-corrected chi connectivity index (χ0v) is 15.2. The number of para-hydroxylation sites is 1. The normalized spacial score (nSPS) is 30.6. The Labute approximate surface area is 153 Å². The van der Waals surface area contributed by atoms with Crippen LogP contribution in [-0.4, -0.2) is 42.2 Å². The number of H-pyrrole nitrogens is 1. The predicted molar refractivity (Wildman–Crippen MR) is 98.6 cm³/mol. The molecular formula is C21H24N2O3. The third-order valence-corrected chi connectivity index (χ3v) is 6.54. The van der Waals surface area contributed by atoms with Crippen molar-refractivity contribution in [3.05, 3.63) is 47.4 Å². The van der Waals surface area contributed by atoms with Gasteiger partial charge in [0.25, 0.3) is 0 Å². The first-order chi connectivity index (χ1) is 12.7. The number of aromatic amines is 1. The minimum atomic E-state index is -0.256. The van der Waals surface area contributed by atoms with Crippen LogP contribution in [-0.2, 0) is 20.7 Å². The Morgan fingerprint density at radius 2 is 2.19 bits per heavy atom. The second kappa shape index (κ2) is 5.88. The van der Waals surface area contributed by atoms with Crippen molar-refractivity contribution < 1.29 is 14.3 Å². The number of carbonyl (C=O) groups excluding carboxylic acids is 1. The number of rotatable bonds is 1. The third kappa shape index (κ3) is 2.23. The van der Waals surface area contributed by atoms with Gasteiger partial charge in [-0.25, -0.2) is 4.79 Å². The molecule has 1 N–H and O–H groups in total. The molecule has 4 heterocycles. The van der Waals surface area contributed by atoms with E-state index in [0.29, 0.717) is 17.5 Å². The minimum Gasteiger partial charge on any atom is -0.497 e. The number of carbonyl (C=O) groups is 1. The van der Waals surface area contributed by atoms with Gasteiger partial charge in [0.05, 0.1) is 31.1 Å². The molecule has 26 heavy (non-hydrogen) atoms. The molecule has 136 valence electrons. The van der Waals surface area contributed by atoms with Crippen molar-refractivity contribution >= 4 is 16.9 Å². The zero-order valence-electron chi connectivity index (χ0n) is 15.2. The first-order valence-electron chi connectivity index (χ1n) is 9.44. The van der Waals surface area contributed by atoms with Crippen molar-refractivity contribution in [2.45, 2.75) is 31.9 Å². The van der Waals surface area contributed by atoms with Crippen LogP contribution in [0.1, 0.15) is 30.6 Å². The Hall–Kier alpha value is -2.27. The molecule has 2 aromatic rings. The molecule has 5 heteroatoms. The molecule has 4 atom stereocenters. The van der Waals surface area contributed by atoms with E-state index in [2.05, 4.69) is 41.1 Å². The van der Waals surface area contributed by atoms with E-state index in [-0.39, 0.29) is 18.0 Å². The molecule has 0 bridgehead atoms. The van der Waals surface area contributed by atoms with Gasteiger partial charge >= 0.3 is 5.97 Å². The van der Waals surface area contributed by atoms with Gasteiger partial charge in [0.1, 0.15) is 0 Å². The number of ether oxygens (including phenoxy) is 2. The molecule has 5 rings (SSSR count). The van der Waals surface area contributed by atoms with Crippen LogP contribution in [0.5, 0.6) is 0 Å². The maximum atomic E-state index is 12.3. The molecule has 1 fully saturated rings. The van der Waals surface area contributed by atoms with Crippen molar-refractivity contribution in [2.75, 3.05) is 20.2 Å². The lowest BCUT2D eigenvalue weighted by atomic mass is 9.72. The fourth-order valence-electron chi connectivity index (χ4n) is 5.19. The quantitative estimate of drug-likeness (QED) is 0.801. The number of aromatic nitrogens is 1. The number of hydrogen-bond donors (Lipinski definition) is 1. The molecule has 0 spiro atoms. The van der Waals surface area contributed by atoms with E-state index in [1.54, 1.807) is 6.26 Å². The number of piperidine rings is 1. The lowest BCUT2D eigenvalue weighted by Crippen LogP contribution is -2.51. The maximum Gasteiger partial charge on any atom is 0.337 e. The monoisotopic (exact) mass is 352 g/mol. The van der Waals surface area contributed by atoms with E-state index < -0.39 is 0 Å². The molecule has 1 saturated heterocycles. The highest BCUT2D eigenvalue weighted by atomic mass is 16.5. The van der Waals surface area contributed by atoms with Crippen LogP contribution in [0.15, 0.2) is 36.1 Å². The van der Waals surface area contributed by atoms with E-state index in [0.717, 1.165) is 25.9 Å². The summed E-state index contributed by atoms with van der Waals surface area (Å²) >= 11 is 0. The summed E-state index contributed by atoms with van der Waals surface area (Å²) in [6.45, 7) is 4.13. The first-order valence-corrected chi connectivity index (χ1v) is 9.44. The fraction of sp³-hybridized carbons (Fsp3) is 0.476. The van der Waals surface area contributed by atoms with E-state index >= 15 is 0 Å². The molecular weight excluding hydrogens is 328 g/mol. The Balaban J connectivity index is 1.55. The molecule has 5 nitrogen and oxygen atoms in total. The highest BCUT2D eigenvalue weighted by Gasteiger charge is 2.46. The number of benzene rings is 1. The average Bonchev–Trinajstić information content (AvgIpc) is 3.06. The van der Waals surface area contributed by atoms with Gasteiger partial charge in [-0.05, 0) is 31.4 Å². The van der Waals surface area contributed by atoms with E-state index in [1.165, 1.54) is 29.3 Å². The van der Waals surface area contributed by atoms with Crippen LogP contribution in [0.3, 0.4) is 0 Å². The Bertz CT molecular complexity index is 900. The topological polar surface area (TPSA) is 54.6 Å². The molecule has 3 aliphatic rings. The average molecular weight is 352 g/mol. The number of methoxy groups -OCH3 is 1. The molecule has 0 radical (unpaired) electrons. The number of nitrogens with one attached hydrogen (secondary N) is 1.